The van der Waals surface area contributed by atoms with Gasteiger partial charge >= 0.3 is 6.36 Å². The summed E-state index contributed by atoms with van der Waals surface area (Å²) in [6.07, 6.45) is -3.91. The van der Waals surface area contributed by atoms with Crippen LogP contribution in [0.1, 0.15) is 36.7 Å². The van der Waals surface area contributed by atoms with Crippen molar-refractivity contribution < 1.29 is 22.7 Å². The van der Waals surface area contributed by atoms with Crippen LogP contribution in [0.15, 0.2) is 42.5 Å². The van der Waals surface area contributed by atoms with Gasteiger partial charge in [-0.15, -0.1) is 24.5 Å². The molecule has 0 N–H and O–H groups in total. The molecule has 0 saturated carbocycles. The molecule has 0 spiro atoms. The van der Waals surface area contributed by atoms with Gasteiger partial charge in [-0.3, -0.25) is 4.79 Å². The minimum absolute atomic E-state index is 0.127. The minimum atomic E-state index is -4.72. The molecule has 0 fully saturated rings. The number of thiophene rings is 1. The van der Waals surface area contributed by atoms with E-state index >= 15 is 0 Å². The summed E-state index contributed by atoms with van der Waals surface area (Å²) in [6, 6.07) is 11.8. The Labute approximate surface area is 153 Å². The zero-order valence-electron chi connectivity index (χ0n) is 14.5. The first-order chi connectivity index (χ1) is 12.0. The summed E-state index contributed by atoms with van der Waals surface area (Å²) in [4.78, 5) is 12.2. The lowest BCUT2D eigenvalue weighted by Gasteiger charge is -2.20. The molecule has 6 heteroatoms. The van der Waals surface area contributed by atoms with E-state index in [0.717, 1.165) is 27.0 Å². The molecular formula is C20H17F3O2S. The van der Waals surface area contributed by atoms with E-state index in [9.17, 15) is 18.0 Å². The Morgan fingerprint density at radius 3 is 2.35 bits per heavy atom. The highest BCUT2D eigenvalue weighted by molar-refractivity contribution is 7.22. The molecule has 0 amide bonds. The highest BCUT2D eigenvalue weighted by atomic mass is 32.1. The van der Waals surface area contributed by atoms with Gasteiger partial charge in [0.2, 0.25) is 0 Å². The molecule has 0 unspecified atom stereocenters. The van der Waals surface area contributed by atoms with Crippen LogP contribution in [0.25, 0.3) is 20.5 Å². The number of carbonyl (C=O) groups is 1. The van der Waals surface area contributed by atoms with Crippen LogP contribution in [0, 0.1) is 0 Å². The van der Waals surface area contributed by atoms with Crippen LogP contribution in [0.3, 0.4) is 0 Å². The van der Waals surface area contributed by atoms with Crippen molar-refractivity contribution in [2.45, 2.75) is 32.5 Å². The Bertz CT molecular complexity index is 965. The topological polar surface area (TPSA) is 26.3 Å². The Balaban J connectivity index is 2.07. The Kier molecular flexibility index (Phi) is 4.56. The molecule has 26 heavy (non-hydrogen) atoms. The molecule has 0 aliphatic rings. The number of hydrogen-bond acceptors (Lipinski definition) is 3. The fraction of sp³-hybridized carbons (Fsp3) is 0.250. The van der Waals surface area contributed by atoms with Gasteiger partial charge in [0.05, 0.1) is 0 Å². The zero-order valence-corrected chi connectivity index (χ0v) is 15.3. The molecule has 3 rings (SSSR count). The van der Waals surface area contributed by atoms with Crippen molar-refractivity contribution in [3.8, 4) is 16.2 Å². The van der Waals surface area contributed by atoms with Crippen LogP contribution in [0.5, 0.6) is 5.75 Å². The van der Waals surface area contributed by atoms with Gasteiger partial charge in [-0.05, 0) is 64.4 Å². The third-order valence-electron chi connectivity index (χ3n) is 3.96. The third-order valence-corrected chi connectivity index (χ3v) is 5.13. The van der Waals surface area contributed by atoms with E-state index in [1.807, 2.05) is 18.2 Å². The lowest BCUT2D eigenvalue weighted by Crippen LogP contribution is -2.16. The number of hydrogen-bond donors (Lipinski definition) is 0. The molecule has 1 aromatic heterocycles. The van der Waals surface area contributed by atoms with Gasteiger partial charge in [0.15, 0.2) is 0 Å². The first kappa shape index (κ1) is 18.5. The SMILES string of the molecule is CC(C)(C)c1cc(C=O)cc(-c2cc3cc(OC(F)(F)F)ccc3s2)c1. The van der Waals surface area contributed by atoms with Gasteiger partial charge in [-0.25, -0.2) is 0 Å². The lowest BCUT2D eigenvalue weighted by molar-refractivity contribution is -0.274. The summed E-state index contributed by atoms with van der Waals surface area (Å²) in [5, 5.41) is 0.667. The second-order valence-corrected chi connectivity index (χ2v) is 8.15. The summed E-state index contributed by atoms with van der Waals surface area (Å²) in [6.45, 7) is 6.19. The van der Waals surface area contributed by atoms with Crippen molar-refractivity contribution in [2.75, 3.05) is 0 Å². The number of aldehydes is 1. The van der Waals surface area contributed by atoms with Crippen molar-refractivity contribution in [1.29, 1.82) is 0 Å². The first-order valence-corrected chi connectivity index (χ1v) is 8.77. The number of rotatable bonds is 3. The molecule has 2 aromatic carbocycles. The molecule has 0 aliphatic heterocycles. The number of ether oxygens (including phenoxy) is 1. The van der Waals surface area contributed by atoms with E-state index < -0.39 is 6.36 Å². The summed E-state index contributed by atoms with van der Waals surface area (Å²) in [5.41, 5.74) is 2.35. The maximum atomic E-state index is 12.4. The quantitative estimate of drug-likeness (QED) is 0.481. The molecule has 3 aromatic rings. The molecule has 2 nitrogen and oxygen atoms in total. The molecule has 0 atom stereocenters. The maximum Gasteiger partial charge on any atom is 0.573 e. The molecule has 0 bridgehead atoms. The number of benzene rings is 2. The molecule has 136 valence electrons. The average molecular weight is 378 g/mol. The normalized spacial score (nSPS) is 12.4. The highest BCUT2D eigenvalue weighted by Crippen LogP contribution is 2.38. The van der Waals surface area contributed by atoms with Crippen molar-refractivity contribution in [2.24, 2.45) is 0 Å². The Morgan fingerprint density at radius 2 is 1.73 bits per heavy atom. The number of halogens is 3. The van der Waals surface area contributed by atoms with Crippen LogP contribution in [0.4, 0.5) is 13.2 Å². The van der Waals surface area contributed by atoms with Gasteiger partial charge in [-0.1, -0.05) is 20.8 Å². The number of alkyl halides is 3. The molecular weight excluding hydrogens is 361 g/mol. The van der Waals surface area contributed by atoms with Crippen molar-refractivity contribution in [1.82, 2.24) is 0 Å². The van der Waals surface area contributed by atoms with Crippen molar-refractivity contribution >= 4 is 27.7 Å². The predicted octanol–water partition coefficient (Wildman–Crippen LogP) is 6.58. The van der Waals surface area contributed by atoms with Crippen LogP contribution in [-0.4, -0.2) is 12.6 Å². The summed E-state index contributed by atoms with van der Waals surface area (Å²) in [5.74, 6) is -0.244. The van der Waals surface area contributed by atoms with E-state index in [0.29, 0.717) is 10.9 Å². The van der Waals surface area contributed by atoms with Gasteiger partial charge in [0, 0.05) is 15.1 Å². The van der Waals surface area contributed by atoms with E-state index in [1.54, 1.807) is 12.1 Å². The summed E-state index contributed by atoms with van der Waals surface area (Å²) >= 11 is 1.46. The predicted molar refractivity (Wildman–Crippen MR) is 98.0 cm³/mol. The van der Waals surface area contributed by atoms with Crippen molar-refractivity contribution in [3.05, 3.63) is 53.6 Å². The third kappa shape index (κ3) is 4.07. The Hall–Kier alpha value is -2.34. The average Bonchev–Trinajstić information content (AvgIpc) is 2.95. The van der Waals surface area contributed by atoms with Crippen LogP contribution in [0.2, 0.25) is 0 Å². The van der Waals surface area contributed by atoms with Crippen LogP contribution in [-0.2, 0) is 5.41 Å². The fourth-order valence-electron chi connectivity index (χ4n) is 2.66. The number of carbonyl (C=O) groups excluding carboxylic acids is 1. The van der Waals surface area contributed by atoms with E-state index in [-0.39, 0.29) is 11.2 Å². The van der Waals surface area contributed by atoms with E-state index in [2.05, 4.69) is 25.5 Å². The van der Waals surface area contributed by atoms with Crippen LogP contribution < -0.4 is 4.74 Å². The maximum absolute atomic E-state index is 12.4. The fourth-order valence-corrected chi connectivity index (χ4v) is 3.69. The second-order valence-electron chi connectivity index (χ2n) is 7.07. The largest absolute Gasteiger partial charge is 0.573 e. The molecule has 0 radical (unpaired) electrons. The Morgan fingerprint density at radius 1 is 1.00 bits per heavy atom. The lowest BCUT2D eigenvalue weighted by atomic mass is 9.85. The minimum Gasteiger partial charge on any atom is -0.406 e. The van der Waals surface area contributed by atoms with E-state index in [4.69, 9.17) is 0 Å². The molecule has 0 aliphatic carbocycles. The number of fused-ring (bicyclic) bond motifs is 1. The highest BCUT2D eigenvalue weighted by Gasteiger charge is 2.31. The monoisotopic (exact) mass is 378 g/mol. The molecule has 1 heterocycles. The van der Waals surface area contributed by atoms with Gasteiger partial charge < -0.3 is 4.74 Å². The zero-order chi connectivity index (χ0) is 19.1. The van der Waals surface area contributed by atoms with Crippen molar-refractivity contribution in [3.63, 3.8) is 0 Å². The second kappa shape index (κ2) is 6.43. The molecule has 0 saturated heterocycles. The van der Waals surface area contributed by atoms with Crippen LogP contribution >= 0.6 is 11.3 Å². The smallest absolute Gasteiger partial charge is 0.406 e. The van der Waals surface area contributed by atoms with E-state index in [1.165, 1.54) is 23.5 Å². The standard InChI is InChI=1S/C20H17F3O2S/c1-19(2,3)15-7-12(11-24)6-13(8-15)18-10-14-9-16(25-20(21,22)23)4-5-17(14)26-18/h4-11H,1-3H3. The van der Waals surface area contributed by atoms with Gasteiger partial charge in [-0.2, -0.15) is 0 Å². The summed E-state index contributed by atoms with van der Waals surface area (Å²) < 4.78 is 42.0. The summed E-state index contributed by atoms with van der Waals surface area (Å²) in [7, 11) is 0. The first-order valence-electron chi connectivity index (χ1n) is 7.96. The van der Waals surface area contributed by atoms with Gasteiger partial charge in [0.25, 0.3) is 0 Å². The van der Waals surface area contributed by atoms with Gasteiger partial charge in [0.1, 0.15) is 12.0 Å².